The van der Waals surface area contributed by atoms with E-state index < -0.39 is 0 Å². The first-order valence-corrected chi connectivity index (χ1v) is 4.72. The maximum absolute atomic E-state index is 3.17. The molecule has 2 rings (SSSR count). The summed E-state index contributed by atoms with van der Waals surface area (Å²) in [5.74, 6) is 0. The van der Waals surface area contributed by atoms with Crippen molar-refractivity contribution in [2.75, 3.05) is 0 Å². The molecule has 0 saturated carbocycles. The summed E-state index contributed by atoms with van der Waals surface area (Å²) in [6.45, 7) is 4.25. The Morgan fingerprint density at radius 1 is 1.25 bits per heavy atom. The van der Waals surface area contributed by atoms with E-state index in [-0.39, 0.29) is 0 Å². The molecule has 1 aliphatic carbocycles. The third-order valence-corrected chi connectivity index (χ3v) is 1.69. The van der Waals surface area contributed by atoms with Crippen LogP contribution in [0.3, 0.4) is 0 Å². The number of H-pyrrole nitrogens is 1. The Balaban J connectivity index is 0.000000213. The molecule has 1 N–H and O–H groups in total. The topological polar surface area (TPSA) is 15.8 Å². The molecule has 0 unspecified atom stereocenters. The molecule has 1 aromatic heterocycles. The second-order valence-electron chi connectivity index (χ2n) is 3.04. The van der Waals surface area contributed by atoms with Gasteiger partial charge in [0.25, 0.3) is 0 Å². The molecule has 0 spiro atoms. The maximum atomic E-state index is 3.17. The van der Waals surface area contributed by atoms with Crippen molar-refractivity contribution in [3.63, 3.8) is 0 Å². The van der Waals surface area contributed by atoms with E-state index in [2.05, 4.69) is 37.0 Å². The van der Waals surface area contributed by atoms with Crippen LogP contribution in [0.2, 0.25) is 0 Å². The van der Waals surface area contributed by atoms with Crippen LogP contribution >= 0.6 is 0 Å². The highest BCUT2D eigenvalue weighted by atomic mass is 14.6. The SMILES string of the molecule is C1=c2cc[nH]c2=CCC1.CCC. The lowest BCUT2D eigenvalue weighted by molar-refractivity contribution is 1.09. The summed E-state index contributed by atoms with van der Waals surface area (Å²) in [6, 6.07) is 2.12. The molecule has 0 radical (unpaired) electrons. The maximum Gasteiger partial charge on any atom is 0.0410 e. The molecule has 0 amide bonds. The van der Waals surface area contributed by atoms with Gasteiger partial charge in [-0.05, 0) is 24.1 Å². The molecule has 0 saturated heterocycles. The molecule has 0 bridgehead atoms. The number of rotatable bonds is 0. The largest absolute Gasteiger partial charge is 0.361 e. The van der Waals surface area contributed by atoms with Crippen molar-refractivity contribution in [1.82, 2.24) is 4.98 Å². The zero-order valence-corrected chi connectivity index (χ0v) is 7.93. The fourth-order valence-corrected chi connectivity index (χ4v) is 1.22. The Morgan fingerprint density at radius 2 is 1.92 bits per heavy atom. The number of aromatic nitrogens is 1. The van der Waals surface area contributed by atoms with Crippen LogP contribution in [0.5, 0.6) is 0 Å². The summed E-state index contributed by atoms with van der Waals surface area (Å²) in [4.78, 5) is 3.17. The van der Waals surface area contributed by atoms with E-state index in [9.17, 15) is 0 Å². The number of aromatic amines is 1. The number of nitrogens with one attached hydrogen (secondary N) is 1. The molecule has 0 atom stereocenters. The molecular weight excluding hydrogens is 146 g/mol. The molecule has 1 aliphatic rings. The first-order chi connectivity index (χ1) is 5.88. The highest BCUT2D eigenvalue weighted by molar-refractivity contribution is 5.35. The van der Waals surface area contributed by atoms with Gasteiger partial charge in [-0.25, -0.2) is 0 Å². The van der Waals surface area contributed by atoms with Gasteiger partial charge >= 0.3 is 0 Å². The average Bonchev–Trinajstić information content (AvgIpc) is 2.52. The Hall–Kier alpha value is -0.980. The van der Waals surface area contributed by atoms with Crippen molar-refractivity contribution in [2.24, 2.45) is 0 Å². The van der Waals surface area contributed by atoms with Crippen molar-refractivity contribution < 1.29 is 0 Å². The first-order valence-electron chi connectivity index (χ1n) is 4.72. The predicted molar refractivity (Wildman–Crippen MR) is 54.2 cm³/mol. The lowest BCUT2D eigenvalue weighted by Crippen LogP contribution is -2.23. The van der Waals surface area contributed by atoms with Gasteiger partial charge in [-0.1, -0.05) is 32.4 Å². The van der Waals surface area contributed by atoms with Gasteiger partial charge in [0.1, 0.15) is 0 Å². The van der Waals surface area contributed by atoms with Gasteiger partial charge in [-0.3, -0.25) is 0 Å². The van der Waals surface area contributed by atoms with Crippen LogP contribution in [0.15, 0.2) is 12.3 Å². The minimum atomic E-state index is 1.19. The van der Waals surface area contributed by atoms with Crippen molar-refractivity contribution in [3.8, 4) is 0 Å². The normalized spacial score (nSPS) is 13.2. The lowest BCUT2D eigenvalue weighted by Gasteiger charge is -1.91. The smallest absolute Gasteiger partial charge is 0.0410 e. The monoisotopic (exact) mass is 163 g/mol. The van der Waals surface area contributed by atoms with Crippen molar-refractivity contribution >= 4 is 12.2 Å². The van der Waals surface area contributed by atoms with E-state index in [0.717, 1.165) is 0 Å². The third-order valence-electron chi connectivity index (χ3n) is 1.69. The Bertz CT molecular complexity index is 289. The highest BCUT2D eigenvalue weighted by Gasteiger charge is 1.90. The first kappa shape index (κ1) is 9.11. The second-order valence-corrected chi connectivity index (χ2v) is 3.04. The summed E-state index contributed by atoms with van der Waals surface area (Å²) >= 11 is 0. The van der Waals surface area contributed by atoms with Gasteiger partial charge < -0.3 is 4.98 Å². The highest BCUT2D eigenvalue weighted by Crippen LogP contribution is 1.92. The summed E-state index contributed by atoms with van der Waals surface area (Å²) in [6.07, 6.45) is 10.1. The molecule has 0 aliphatic heterocycles. The molecule has 1 heteroatoms. The van der Waals surface area contributed by atoms with Gasteiger partial charge in [-0.15, -0.1) is 0 Å². The van der Waals surface area contributed by atoms with E-state index in [0.29, 0.717) is 0 Å². The Labute approximate surface area is 73.8 Å². The lowest BCUT2D eigenvalue weighted by atomic mass is 10.2. The number of hydrogen-bond donors (Lipinski definition) is 1. The molecular formula is C11H17N. The van der Waals surface area contributed by atoms with E-state index in [1.165, 1.54) is 29.8 Å². The van der Waals surface area contributed by atoms with Crippen molar-refractivity contribution in [1.29, 1.82) is 0 Å². The number of fused-ring (bicyclic) bond motifs is 1. The minimum absolute atomic E-state index is 1.19. The molecule has 0 aromatic carbocycles. The zero-order valence-electron chi connectivity index (χ0n) is 7.93. The Kier molecular flexibility index (Phi) is 3.65. The molecule has 1 aromatic rings. The fraction of sp³-hybridized carbons (Fsp3) is 0.455. The standard InChI is InChI=1S/C8H9N.C3H8/c1-2-4-8-7(3-1)5-6-9-8;1-3-2/h3-6,9H,1-2H2;3H2,1-2H3. The van der Waals surface area contributed by atoms with Crippen LogP contribution in [0.25, 0.3) is 12.2 Å². The van der Waals surface area contributed by atoms with E-state index in [4.69, 9.17) is 0 Å². The summed E-state index contributed by atoms with van der Waals surface area (Å²) in [7, 11) is 0. The van der Waals surface area contributed by atoms with Crippen LogP contribution in [0, 0.1) is 0 Å². The molecule has 66 valence electrons. The predicted octanol–water partition coefficient (Wildman–Crippen LogP) is 1.79. The molecule has 1 nitrogen and oxygen atoms in total. The summed E-state index contributed by atoms with van der Waals surface area (Å²) in [5, 5.41) is 2.66. The van der Waals surface area contributed by atoms with Crippen LogP contribution in [-0.2, 0) is 0 Å². The molecule has 1 heterocycles. The Morgan fingerprint density at radius 3 is 2.58 bits per heavy atom. The van der Waals surface area contributed by atoms with Crippen molar-refractivity contribution in [3.05, 3.63) is 22.8 Å². The summed E-state index contributed by atoms with van der Waals surface area (Å²) in [5.41, 5.74) is 0. The zero-order chi connectivity index (χ0) is 8.81. The van der Waals surface area contributed by atoms with Crippen LogP contribution < -0.4 is 10.6 Å². The van der Waals surface area contributed by atoms with Crippen LogP contribution in [0.1, 0.15) is 33.1 Å². The van der Waals surface area contributed by atoms with Crippen LogP contribution in [0.4, 0.5) is 0 Å². The van der Waals surface area contributed by atoms with E-state index in [1.807, 2.05) is 6.20 Å². The second kappa shape index (κ2) is 4.81. The van der Waals surface area contributed by atoms with Gasteiger partial charge in [0.2, 0.25) is 0 Å². The molecule has 12 heavy (non-hydrogen) atoms. The summed E-state index contributed by atoms with van der Waals surface area (Å²) < 4.78 is 0. The molecule has 0 fully saturated rings. The minimum Gasteiger partial charge on any atom is -0.361 e. The quantitative estimate of drug-likeness (QED) is 0.600. The van der Waals surface area contributed by atoms with Gasteiger partial charge in [0, 0.05) is 11.5 Å². The average molecular weight is 163 g/mol. The van der Waals surface area contributed by atoms with Gasteiger partial charge in [0.15, 0.2) is 0 Å². The van der Waals surface area contributed by atoms with E-state index in [1.54, 1.807) is 0 Å². The van der Waals surface area contributed by atoms with Gasteiger partial charge in [-0.2, -0.15) is 0 Å². The fourth-order valence-electron chi connectivity index (χ4n) is 1.22. The van der Waals surface area contributed by atoms with E-state index >= 15 is 0 Å². The van der Waals surface area contributed by atoms with Crippen molar-refractivity contribution in [2.45, 2.75) is 33.1 Å². The third kappa shape index (κ3) is 2.26. The van der Waals surface area contributed by atoms with Crippen LogP contribution in [-0.4, -0.2) is 4.98 Å². The number of hydrogen-bond acceptors (Lipinski definition) is 0. The van der Waals surface area contributed by atoms with Gasteiger partial charge in [0.05, 0.1) is 0 Å².